The van der Waals surface area contributed by atoms with Crippen LogP contribution in [0.1, 0.15) is 71.9 Å². The molecule has 380 valence electrons. The van der Waals surface area contributed by atoms with Crippen LogP contribution in [0.2, 0.25) is 10.0 Å². The second-order valence-electron chi connectivity index (χ2n) is 18.9. The zero-order chi connectivity index (χ0) is 48.4. The quantitative estimate of drug-likeness (QED) is 0.113. The fourth-order valence-corrected chi connectivity index (χ4v) is 10.6. The summed E-state index contributed by atoms with van der Waals surface area (Å²) in [6, 6.07) is 55.5. The molecule has 2 heterocycles. The number of hydrogen-bond acceptors (Lipinski definition) is 6. The third-order valence-corrected chi connectivity index (χ3v) is 14.8. The lowest BCUT2D eigenvalue weighted by molar-refractivity contribution is -0.134. The minimum atomic E-state index is -0.837. The number of amides is 2. The summed E-state index contributed by atoms with van der Waals surface area (Å²) in [7, 11) is 7.32. The van der Waals surface area contributed by atoms with E-state index in [1.807, 2.05) is 150 Å². The van der Waals surface area contributed by atoms with Crippen LogP contribution in [0.25, 0.3) is 0 Å². The molecule has 2 aliphatic heterocycles. The van der Waals surface area contributed by atoms with Gasteiger partial charge < -0.3 is 29.8 Å². The minimum Gasteiger partial charge on any atom is -0.385 e. The second-order valence-corrected chi connectivity index (χ2v) is 19.8. The third-order valence-electron chi connectivity index (χ3n) is 14.3. The van der Waals surface area contributed by atoms with E-state index in [1.54, 1.807) is 9.80 Å². The predicted molar refractivity (Wildman–Crippen MR) is 301 cm³/mol. The topological polar surface area (TPSA) is 87.6 Å². The molecular formula is C58H70Cl4N4O4S. The summed E-state index contributed by atoms with van der Waals surface area (Å²) in [6.45, 7) is 4.62. The number of halogens is 4. The van der Waals surface area contributed by atoms with Gasteiger partial charge in [0.25, 0.3) is 0 Å². The summed E-state index contributed by atoms with van der Waals surface area (Å²) in [5, 5.41) is 23.9. The lowest BCUT2D eigenvalue weighted by Crippen LogP contribution is -2.48. The molecular weight excluding hydrogens is 991 g/mol. The highest BCUT2D eigenvalue weighted by Crippen LogP contribution is 2.41. The van der Waals surface area contributed by atoms with Gasteiger partial charge in [0.05, 0.1) is 11.2 Å². The molecule has 0 atom stereocenters. The van der Waals surface area contributed by atoms with E-state index in [1.165, 1.54) is 0 Å². The summed E-state index contributed by atoms with van der Waals surface area (Å²) in [5.74, 6) is 0.166. The van der Waals surface area contributed by atoms with Crippen molar-refractivity contribution in [2.75, 3.05) is 67.5 Å². The molecule has 2 aliphatic rings. The van der Waals surface area contributed by atoms with Crippen molar-refractivity contribution < 1.29 is 19.8 Å². The maximum atomic E-state index is 13.8. The monoisotopic (exact) mass is 1060 g/mol. The number of rotatable bonds is 14. The van der Waals surface area contributed by atoms with Crippen molar-refractivity contribution in [3.8, 4) is 0 Å². The number of benzene rings is 6. The summed E-state index contributed by atoms with van der Waals surface area (Å²) in [4.78, 5) is 35.8. The molecule has 13 heteroatoms. The number of likely N-dealkylation sites (N-methyl/N-ethyl adjacent to an activating group) is 2. The Kier molecular flexibility index (Phi) is 22.1. The molecule has 0 aromatic heterocycles. The Morgan fingerprint density at radius 3 is 0.930 bits per heavy atom. The minimum absolute atomic E-state index is 0. The molecule has 2 amide bonds. The van der Waals surface area contributed by atoms with E-state index in [0.717, 1.165) is 72.6 Å². The van der Waals surface area contributed by atoms with Crippen LogP contribution in [0, 0.1) is 0 Å². The van der Waals surface area contributed by atoms with E-state index in [2.05, 4.69) is 58.3 Å². The number of carbonyl (C=O) groups excluding carboxylic acids is 2. The Hall–Kier alpha value is -4.39. The molecule has 0 aliphatic carbocycles. The first kappa shape index (κ1) is 59.2. The van der Waals surface area contributed by atoms with Gasteiger partial charge in [-0.1, -0.05) is 169 Å². The largest absolute Gasteiger partial charge is 0.385 e. The van der Waals surface area contributed by atoms with E-state index in [-0.39, 0.29) is 50.1 Å². The number of likely N-dealkylation sites (tertiary alicyclic amines) is 2. The zero-order valence-corrected chi connectivity index (χ0v) is 45.4. The first-order valence-electron chi connectivity index (χ1n) is 23.8. The second kappa shape index (κ2) is 26.5. The third kappa shape index (κ3) is 13.6. The van der Waals surface area contributed by atoms with E-state index < -0.39 is 22.0 Å². The maximum absolute atomic E-state index is 13.8. The highest BCUT2D eigenvalue weighted by atomic mass is 35.5. The Morgan fingerprint density at radius 1 is 0.465 bits per heavy atom. The highest BCUT2D eigenvalue weighted by molar-refractivity contribution is 7.59. The molecule has 0 spiro atoms. The zero-order valence-electron chi connectivity index (χ0n) is 41.2. The Balaban J connectivity index is 0.000000296. The predicted octanol–water partition coefficient (Wildman–Crippen LogP) is 11.1. The van der Waals surface area contributed by atoms with Gasteiger partial charge in [0, 0.05) is 64.4 Å². The van der Waals surface area contributed by atoms with Gasteiger partial charge in [-0.2, -0.15) is 13.5 Å². The average Bonchev–Trinajstić information content (AvgIpc) is 3.37. The van der Waals surface area contributed by atoms with Gasteiger partial charge in [0.1, 0.15) is 10.8 Å². The smallest absolute Gasteiger partial charge is 0.237 e. The van der Waals surface area contributed by atoms with Crippen molar-refractivity contribution in [1.29, 1.82) is 0 Å². The van der Waals surface area contributed by atoms with Crippen LogP contribution < -0.4 is 0 Å². The molecule has 2 fully saturated rings. The lowest BCUT2D eigenvalue weighted by Gasteiger charge is -2.41. The van der Waals surface area contributed by atoms with Crippen molar-refractivity contribution >= 4 is 73.3 Å². The molecule has 8 nitrogen and oxygen atoms in total. The molecule has 0 radical (unpaired) electrons. The fraction of sp³-hybridized carbons (Fsp3) is 0.345. The van der Waals surface area contributed by atoms with Crippen LogP contribution >= 0.6 is 61.5 Å². The number of piperidine rings is 2. The standard InChI is InChI=1S/2C29H33ClN2O2.2ClH.H2S/c2*1-31(2)27(33)29(24-9-5-3-6-10-24,25-11-7-4-8-12-25)19-22-32-20-17-28(34,18-21-32)23-13-15-26(30)16-14-23;;;/h2*3-16,34H,17-22H2,1-2H3;2*1H;1H2. The van der Waals surface area contributed by atoms with Crippen LogP contribution in [-0.2, 0) is 31.6 Å². The van der Waals surface area contributed by atoms with Gasteiger partial charge in [-0.25, -0.2) is 0 Å². The molecule has 2 saturated heterocycles. The van der Waals surface area contributed by atoms with Gasteiger partial charge in [0.2, 0.25) is 11.8 Å². The van der Waals surface area contributed by atoms with Crippen molar-refractivity contribution in [2.45, 2.75) is 60.6 Å². The summed E-state index contributed by atoms with van der Waals surface area (Å²) in [6.07, 6.45) is 3.94. The summed E-state index contributed by atoms with van der Waals surface area (Å²) < 4.78 is 0. The van der Waals surface area contributed by atoms with E-state index in [4.69, 9.17) is 23.2 Å². The molecule has 2 N–H and O–H groups in total. The van der Waals surface area contributed by atoms with Gasteiger partial charge >= 0.3 is 0 Å². The van der Waals surface area contributed by atoms with Crippen LogP contribution in [0.15, 0.2) is 170 Å². The van der Waals surface area contributed by atoms with Crippen LogP contribution in [0.3, 0.4) is 0 Å². The maximum Gasteiger partial charge on any atom is 0.237 e. The fourth-order valence-electron chi connectivity index (χ4n) is 10.3. The Morgan fingerprint density at radius 2 is 0.704 bits per heavy atom. The van der Waals surface area contributed by atoms with Crippen LogP contribution in [0.4, 0.5) is 0 Å². The van der Waals surface area contributed by atoms with Gasteiger partial charge in [0.15, 0.2) is 0 Å². The molecule has 6 aromatic rings. The number of hydrogen-bond donors (Lipinski definition) is 2. The first-order chi connectivity index (χ1) is 32.7. The molecule has 0 bridgehead atoms. The van der Waals surface area contributed by atoms with Crippen molar-refractivity contribution in [1.82, 2.24) is 19.6 Å². The lowest BCUT2D eigenvalue weighted by atomic mass is 9.70. The number of aliphatic hydroxyl groups is 2. The number of nitrogens with zero attached hydrogens (tertiary/aromatic N) is 4. The number of carbonyl (C=O) groups is 2. The molecule has 8 rings (SSSR count). The Labute approximate surface area is 451 Å². The van der Waals surface area contributed by atoms with E-state index >= 15 is 0 Å². The molecule has 71 heavy (non-hydrogen) atoms. The summed E-state index contributed by atoms with van der Waals surface area (Å²) >= 11 is 12.1. The van der Waals surface area contributed by atoms with E-state index in [9.17, 15) is 19.8 Å². The molecule has 6 aromatic carbocycles. The summed E-state index contributed by atoms with van der Waals surface area (Å²) in [5.41, 5.74) is 2.66. The normalized spacial score (nSPS) is 15.5. The Bertz CT molecular complexity index is 2270. The van der Waals surface area contributed by atoms with Crippen LogP contribution in [0.5, 0.6) is 0 Å². The first-order valence-corrected chi connectivity index (χ1v) is 24.5. The highest BCUT2D eigenvalue weighted by Gasteiger charge is 2.45. The van der Waals surface area contributed by atoms with E-state index in [0.29, 0.717) is 48.6 Å². The van der Waals surface area contributed by atoms with Crippen molar-refractivity contribution in [3.05, 3.63) is 213 Å². The van der Waals surface area contributed by atoms with Gasteiger partial charge in [-0.15, -0.1) is 24.8 Å². The van der Waals surface area contributed by atoms with Crippen LogP contribution in [-0.4, -0.2) is 109 Å². The SMILES string of the molecule is CN(C)C(=O)C(CCN1CCC(O)(c2ccc(Cl)cc2)CC1)(c1ccccc1)c1ccccc1.CN(C)C(=O)C(CCN1CCC(O)(c2ccc(Cl)cc2)CC1)(c1ccccc1)c1ccccc1.Cl.Cl.S. The average molecular weight is 1060 g/mol. The molecule has 0 saturated carbocycles. The molecule has 0 unspecified atom stereocenters. The van der Waals surface area contributed by atoms with Gasteiger partial charge in [-0.3, -0.25) is 9.59 Å². The van der Waals surface area contributed by atoms with Crippen molar-refractivity contribution in [2.24, 2.45) is 0 Å². The van der Waals surface area contributed by atoms with Gasteiger partial charge in [-0.05, 0) is 109 Å². The van der Waals surface area contributed by atoms with Crippen molar-refractivity contribution in [3.63, 3.8) is 0 Å².